The summed E-state index contributed by atoms with van der Waals surface area (Å²) < 4.78 is 10.7. The first-order valence-electron chi connectivity index (χ1n) is 12.4. The van der Waals surface area contributed by atoms with Gasteiger partial charge in [-0.05, 0) is 72.7 Å². The fourth-order valence-corrected chi connectivity index (χ4v) is 4.83. The van der Waals surface area contributed by atoms with Gasteiger partial charge in [-0.15, -0.1) is 0 Å². The molecule has 2 N–H and O–H groups in total. The third-order valence-corrected chi connectivity index (χ3v) is 6.71. The van der Waals surface area contributed by atoms with E-state index in [0.29, 0.717) is 46.6 Å². The van der Waals surface area contributed by atoms with Gasteiger partial charge in [0.25, 0.3) is 5.91 Å². The predicted octanol–water partition coefficient (Wildman–Crippen LogP) is 4.24. The topological polar surface area (TPSA) is 100 Å². The van der Waals surface area contributed by atoms with Gasteiger partial charge in [0.15, 0.2) is 16.6 Å². The number of anilines is 3. The summed E-state index contributed by atoms with van der Waals surface area (Å²) in [4.78, 5) is 41.2. The van der Waals surface area contributed by atoms with Crippen LogP contribution < -0.4 is 25.0 Å². The summed E-state index contributed by atoms with van der Waals surface area (Å²) in [6.45, 7) is 1.85. The number of hydrogen-bond acceptors (Lipinski definition) is 6. The summed E-state index contributed by atoms with van der Waals surface area (Å²) in [6, 6.07) is 20.8. The van der Waals surface area contributed by atoms with Crippen LogP contribution in [0.4, 0.5) is 17.1 Å². The Morgan fingerprint density at radius 2 is 1.54 bits per heavy atom. The second kappa shape index (κ2) is 12.4. The minimum atomic E-state index is -0.767. The lowest BCUT2D eigenvalue weighted by Crippen LogP contribution is -2.39. The van der Waals surface area contributed by atoms with Gasteiger partial charge >= 0.3 is 0 Å². The van der Waals surface area contributed by atoms with Crippen LogP contribution in [0.5, 0.6) is 11.5 Å². The van der Waals surface area contributed by atoms with Crippen LogP contribution in [-0.2, 0) is 20.8 Å². The number of rotatable bonds is 10. The zero-order valence-electron chi connectivity index (χ0n) is 22.0. The van der Waals surface area contributed by atoms with E-state index in [2.05, 4.69) is 10.6 Å². The summed E-state index contributed by atoms with van der Waals surface area (Å²) >= 11 is 5.75. The molecule has 3 amide bonds. The molecule has 0 bridgehead atoms. The van der Waals surface area contributed by atoms with Crippen molar-refractivity contribution in [1.82, 2.24) is 4.90 Å². The molecule has 0 aliphatic carbocycles. The molecule has 202 valence electrons. The third kappa shape index (κ3) is 6.53. The van der Waals surface area contributed by atoms with Crippen molar-refractivity contribution < 1.29 is 23.9 Å². The zero-order chi connectivity index (χ0) is 27.9. The maximum Gasteiger partial charge on any atom is 0.256 e. The van der Waals surface area contributed by atoms with E-state index in [1.807, 2.05) is 48.5 Å². The molecule has 1 saturated heterocycles. The van der Waals surface area contributed by atoms with Gasteiger partial charge in [-0.3, -0.25) is 19.3 Å². The fraction of sp³-hybridized carbons (Fsp3) is 0.241. The highest BCUT2D eigenvalue weighted by molar-refractivity contribution is 7.80. The van der Waals surface area contributed by atoms with Gasteiger partial charge in [0, 0.05) is 24.8 Å². The molecule has 1 atom stereocenters. The molecule has 1 fully saturated rings. The van der Waals surface area contributed by atoms with E-state index in [1.165, 1.54) is 11.8 Å². The van der Waals surface area contributed by atoms with Gasteiger partial charge < -0.3 is 25.0 Å². The highest BCUT2D eigenvalue weighted by Gasteiger charge is 2.43. The minimum Gasteiger partial charge on any atom is -0.493 e. The number of ether oxygens (including phenoxy) is 2. The number of hydrogen-bond donors (Lipinski definition) is 2. The van der Waals surface area contributed by atoms with E-state index in [-0.39, 0.29) is 24.1 Å². The van der Waals surface area contributed by atoms with E-state index >= 15 is 0 Å². The van der Waals surface area contributed by atoms with Crippen LogP contribution in [0.1, 0.15) is 18.9 Å². The molecule has 0 radical (unpaired) electrons. The largest absolute Gasteiger partial charge is 0.493 e. The molecule has 4 rings (SSSR count). The van der Waals surface area contributed by atoms with Crippen LogP contribution in [0.15, 0.2) is 72.8 Å². The summed E-state index contributed by atoms with van der Waals surface area (Å²) in [7, 11) is 3.16. The lowest BCUT2D eigenvalue weighted by molar-refractivity contribution is -0.124. The van der Waals surface area contributed by atoms with E-state index in [4.69, 9.17) is 21.7 Å². The maximum absolute atomic E-state index is 13.6. The SMILES string of the molecule is COc1ccc(CCN2C(=S)N(c3ccccc3)C(=O)[C@@H]2CC(=O)Nc2ccc(NC(C)=O)cc2)cc1OC. The number of methoxy groups -OCH3 is 2. The highest BCUT2D eigenvalue weighted by Crippen LogP contribution is 2.30. The minimum absolute atomic E-state index is 0.0817. The van der Waals surface area contributed by atoms with Crippen LogP contribution in [-0.4, -0.2) is 54.5 Å². The Labute approximate surface area is 232 Å². The maximum atomic E-state index is 13.6. The van der Waals surface area contributed by atoms with E-state index in [0.717, 1.165) is 5.56 Å². The molecule has 1 heterocycles. The molecule has 9 nitrogen and oxygen atoms in total. The first kappa shape index (κ1) is 27.6. The van der Waals surface area contributed by atoms with Crippen molar-refractivity contribution in [3.63, 3.8) is 0 Å². The number of nitrogens with zero attached hydrogens (tertiary/aromatic N) is 2. The number of carbonyl (C=O) groups excluding carboxylic acids is 3. The summed E-state index contributed by atoms with van der Waals surface area (Å²) in [6.07, 6.45) is 0.487. The Bertz CT molecular complexity index is 1360. The van der Waals surface area contributed by atoms with Crippen molar-refractivity contribution in [2.45, 2.75) is 25.8 Å². The van der Waals surface area contributed by atoms with Gasteiger partial charge in [0.1, 0.15) is 6.04 Å². The molecule has 39 heavy (non-hydrogen) atoms. The van der Waals surface area contributed by atoms with Crippen molar-refractivity contribution in [2.75, 3.05) is 36.3 Å². The van der Waals surface area contributed by atoms with Gasteiger partial charge in [-0.25, -0.2) is 0 Å². The highest BCUT2D eigenvalue weighted by atomic mass is 32.1. The van der Waals surface area contributed by atoms with Crippen LogP contribution in [0.3, 0.4) is 0 Å². The van der Waals surface area contributed by atoms with Gasteiger partial charge in [-0.1, -0.05) is 24.3 Å². The number of thiocarbonyl (C=S) groups is 1. The molecule has 1 aliphatic rings. The molecule has 0 unspecified atom stereocenters. The van der Waals surface area contributed by atoms with Crippen molar-refractivity contribution in [1.29, 1.82) is 0 Å². The van der Waals surface area contributed by atoms with Gasteiger partial charge in [-0.2, -0.15) is 0 Å². The van der Waals surface area contributed by atoms with Crippen LogP contribution in [0.2, 0.25) is 0 Å². The average molecular weight is 547 g/mol. The van der Waals surface area contributed by atoms with Crippen molar-refractivity contribution in [2.24, 2.45) is 0 Å². The molecule has 3 aromatic carbocycles. The monoisotopic (exact) mass is 546 g/mol. The van der Waals surface area contributed by atoms with Crippen molar-refractivity contribution in [3.8, 4) is 11.5 Å². The Hall–Kier alpha value is -4.44. The smallest absolute Gasteiger partial charge is 0.256 e. The Kier molecular flexibility index (Phi) is 8.77. The summed E-state index contributed by atoms with van der Waals surface area (Å²) in [5.74, 6) is 0.479. The first-order valence-corrected chi connectivity index (χ1v) is 12.8. The third-order valence-electron chi connectivity index (χ3n) is 6.29. The van der Waals surface area contributed by atoms with Crippen molar-refractivity contribution >= 4 is 52.1 Å². The number of nitrogens with one attached hydrogen (secondary N) is 2. The summed E-state index contributed by atoms with van der Waals surface area (Å²) in [5.41, 5.74) is 2.80. The quantitative estimate of drug-likeness (QED) is 0.367. The van der Waals surface area contributed by atoms with Crippen LogP contribution in [0.25, 0.3) is 0 Å². The van der Waals surface area contributed by atoms with E-state index < -0.39 is 6.04 Å². The lowest BCUT2D eigenvalue weighted by Gasteiger charge is -2.24. The number of amides is 3. The van der Waals surface area contributed by atoms with Gasteiger partial charge in [0.2, 0.25) is 11.8 Å². The number of para-hydroxylation sites is 1. The molecule has 1 aliphatic heterocycles. The molecular formula is C29H30N4O5S. The first-order chi connectivity index (χ1) is 18.8. The van der Waals surface area contributed by atoms with E-state index in [9.17, 15) is 14.4 Å². The number of benzene rings is 3. The molecule has 3 aromatic rings. The molecule has 0 aromatic heterocycles. The zero-order valence-corrected chi connectivity index (χ0v) is 22.8. The average Bonchev–Trinajstić information content (AvgIpc) is 3.16. The predicted molar refractivity (Wildman–Crippen MR) is 154 cm³/mol. The second-order valence-corrected chi connectivity index (χ2v) is 9.32. The summed E-state index contributed by atoms with van der Waals surface area (Å²) in [5, 5.41) is 5.87. The number of carbonyl (C=O) groups is 3. The molecular weight excluding hydrogens is 516 g/mol. The molecule has 0 spiro atoms. The lowest BCUT2D eigenvalue weighted by atomic mass is 10.1. The standard InChI is InChI=1S/C29H30N4O5S/c1-19(34)30-21-10-12-22(13-11-21)31-27(35)18-24-28(36)33(23-7-5-4-6-8-23)29(39)32(24)16-15-20-9-14-25(37-2)26(17-20)38-3/h4-14,17,24H,15-16,18H2,1-3H3,(H,30,34)(H,31,35)/t24-/m0/s1. The van der Waals surface area contributed by atoms with Crippen LogP contribution >= 0.6 is 12.2 Å². The van der Waals surface area contributed by atoms with Gasteiger partial charge in [0.05, 0.1) is 26.3 Å². The molecule has 0 saturated carbocycles. The van der Waals surface area contributed by atoms with Crippen LogP contribution in [0, 0.1) is 0 Å². The second-order valence-electron chi connectivity index (χ2n) is 8.95. The Morgan fingerprint density at radius 3 is 2.15 bits per heavy atom. The Morgan fingerprint density at radius 1 is 0.897 bits per heavy atom. The van der Waals surface area contributed by atoms with E-state index in [1.54, 1.807) is 43.4 Å². The van der Waals surface area contributed by atoms with Crippen molar-refractivity contribution in [3.05, 3.63) is 78.4 Å². The molecule has 10 heteroatoms. The normalized spacial score (nSPS) is 14.8. The Balaban J connectivity index is 1.52. The fourth-order valence-electron chi connectivity index (χ4n) is 4.42.